The van der Waals surface area contributed by atoms with E-state index in [4.69, 9.17) is 9.47 Å². The van der Waals surface area contributed by atoms with Crippen molar-refractivity contribution in [1.29, 1.82) is 0 Å². The Morgan fingerprint density at radius 2 is 1.80 bits per heavy atom. The molecule has 10 nitrogen and oxygen atoms in total. The zero-order valence-corrected chi connectivity index (χ0v) is 24.6. The fraction of sp³-hybridized carbons (Fsp3) is 0.667. The molecule has 0 aromatic heterocycles. The van der Waals surface area contributed by atoms with Gasteiger partial charge in [-0.1, -0.05) is 19.9 Å². The van der Waals surface area contributed by atoms with Crippen LogP contribution >= 0.6 is 0 Å². The highest BCUT2D eigenvalue weighted by atomic mass is 16.6. The standard InChI is InChI=1S/C30H43N3O7/c1-29(2,3)40-28(38)31-17-20(14-21(18-31)26(35)36)25(34)33(22-10-11-22)23-9-8-19-16-30(4,5)27(37)32(24(19)15-23)12-7-13-39-6/h8-9,15,20-22H,7,10-14,16-18H2,1-6H3,(H,35,36)/t20-,21+/m1/s1. The molecule has 1 aromatic rings. The number of benzene rings is 1. The van der Waals surface area contributed by atoms with Gasteiger partial charge in [-0.15, -0.1) is 0 Å². The third-order valence-electron chi connectivity index (χ3n) is 7.77. The Bertz CT molecular complexity index is 1150. The highest BCUT2D eigenvalue weighted by molar-refractivity contribution is 6.02. The molecule has 2 heterocycles. The van der Waals surface area contributed by atoms with Gasteiger partial charge in [-0.3, -0.25) is 14.4 Å². The smallest absolute Gasteiger partial charge is 0.410 e. The summed E-state index contributed by atoms with van der Waals surface area (Å²) in [7, 11) is 1.64. The summed E-state index contributed by atoms with van der Waals surface area (Å²) in [6, 6.07) is 5.86. The van der Waals surface area contributed by atoms with Gasteiger partial charge >= 0.3 is 12.1 Å². The lowest BCUT2D eigenvalue weighted by molar-refractivity contribution is -0.145. The van der Waals surface area contributed by atoms with E-state index in [9.17, 15) is 24.3 Å². The predicted molar refractivity (Wildman–Crippen MR) is 150 cm³/mol. The maximum absolute atomic E-state index is 14.1. The van der Waals surface area contributed by atoms with Crippen molar-refractivity contribution >= 4 is 35.3 Å². The van der Waals surface area contributed by atoms with Gasteiger partial charge in [-0.25, -0.2) is 4.79 Å². The second-order valence-corrected chi connectivity index (χ2v) is 13.0. The Morgan fingerprint density at radius 1 is 1.12 bits per heavy atom. The Balaban J connectivity index is 1.63. The number of methoxy groups -OCH3 is 1. The molecular weight excluding hydrogens is 514 g/mol. The van der Waals surface area contributed by atoms with Gasteiger partial charge in [0.1, 0.15) is 5.60 Å². The minimum atomic E-state index is -1.04. The summed E-state index contributed by atoms with van der Waals surface area (Å²) in [6.45, 7) is 10.3. The van der Waals surface area contributed by atoms with Gasteiger partial charge in [0.05, 0.1) is 11.8 Å². The summed E-state index contributed by atoms with van der Waals surface area (Å²) >= 11 is 0. The molecule has 1 aromatic carbocycles. The molecule has 10 heteroatoms. The maximum atomic E-state index is 14.1. The van der Waals surface area contributed by atoms with Crippen molar-refractivity contribution in [2.24, 2.45) is 17.3 Å². The van der Waals surface area contributed by atoms with Crippen LogP contribution in [-0.4, -0.2) is 78.9 Å². The Kier molecular flexibility index (Phi) is 8.49. The van der Waals surface area contributed by atoms with Crippen LogP contribution in [0.1, 0.15) is 65.9 Å². The predicted octanol–water partition coefficient (Wildman–Crippen LogP) is 4.09. The van der Waals surface area contributed by atoms with Crippen LogP contribution in [0.25, 0.3) is 0 Å². The number of piperidine rings is 1. The molecule has 220 valence electrons. The van der Waals surface area contributed by atoms with Crippen LogP contribution in [0.4, 0.5) is 16.2 Å². The molecule has 40 heavy (non-hydrogen) atoms. The van der Waals surface area contributed by atoms with Crippen molar-refractivity contribution in [2.45, 2.75) is 78.4 Å². The molecule has 0 bridgehead atoms. The van der Waals surface area contributed by atoms with Crippen molar-refractivity contribution in [3.8, 4) is 0 Å². The monoisotopic (exact) mass is 557 g/mol. The average Bonchev–Trinajstić information content (AvgIpc) is 3.70. The fourth-order valence-electron chi connectivity index (χ4n) is 5.70. The molecule has 1 saturated carbocycles. The first-order valence-corrected chi connectivity index (χ1v) is 14.2. The molecule has 1 aliphatic carbocycles. The van der Waals surface area contributed by atoms with E-state index in [1.54, 1.807) is 32.8 Å². The average molecular weight is 558 g/mol. The third kappa shape index (κ3) is 6.59. The minimum Gasteiger partial charge on any atom is -0.481 e. The number of aliphatic carboxylic acids is 1. The van der Waals surface area contributed by atoms with E-state index in [1.165, 1.54) is 4.90 Å². The van der Waals surface area contributed by atoms with Gasteiger partial charge in [0.2, 0.25) is 11.8 Å². The number of rotatable bonds is 8. The van der Waals surface area contributed by atoms with E-state index in [-0.39, 0.29) is 37.4 Å². The number of amides is 3. The van der Waals surface area contributed by atoms with Gasteiger partial charge in [0, 0.05) is 56.2 Å². The van der Waals surface area contributed by atoms with E-state index in [1.807, 2.05) is 36.9 Å². The van der Waals surface area contributed by atoms with Crippen LogP contribution in [0, 0.1) is 17.3 Å². The fourth-order valence-corrected chi connectivity index (χ4v) is 5.70. The van der Waals surface area contributed by atoms with Gasteiger partial charge in [-0.05, 0) is 70.6 Å². The summed E-state index contributed by atoms with van der Waals surface area (Å²) < 4.78 is 10.7. The quantitative estimate of drug-likeness (QED) is 0.479. The molecule has 3 aliphatic rings. The second-order valence-electron chi connectivity index (χ2n) is 13.0. The lowest BCUT2D eigenvalue weighted by atomic mass is 9.80. The van der Waals surface area contributed by atoms with E-state index in [0.717, 1.165) is 24.1 Å². The number of hydrogen-bond donors (Lipinski definition) is 1. The maximum Gasteiger partial charge on any atom is 0.410 e. The Hall–Kier alpha value is -3.14. The highest BCUT2D eigenvalue weighted by Gasteiger charge is 2.44. The van der Waals surface area contributed by atoms with Crippen LogP contribution in [0.15, 0.2) is 18.2 Å². The third-order valence-corrected chi connectivity index (χ3v) is 7.77. The number of carbonyl (C=O) groups excluding carboxylic acids is 3. The minimum absolute atomic E-state index is 0.00315. The van der Waals surface area contributed by atoms with Crippen molar-refractivity contribution < 1.29 is 33.8 Å². The largest absolute Gasteiger partial charge is 0.481 e. The number of carboxylic acids is 1. The van der Waals surface area contributed by atoms with Crippen LogP contribution in [0.3, 0.4) is 0 Å². The first kappa shape index (κ1) is 29.8. The molecule has 3 amide bonds. The molecule has 0 radical (unpaired) electrons. The highest BCUT2D eigenvalue weighted by Crippen LogP contribution is 2.42. The lowest BCUT2D eigenvalue weighted by Gasteiger charge is -2.40. The van der Waals surface area contributed by atoms with E-state index in [0.29, 0.717) is 31.7 Å². The summed E-state index contributed by atoms with van der Waals surface area (Å²) in [4.78, 5) is 57.3. The second kappa shape index (κ2) is 11.4. The first-order chi connectivity index (χ1) is 18.7. The zero-order chi connectivity index (χ0) is 29.4. The number of likely N-dealkylation sites (tertiary alicyclic amines) is 1. The van der Waals surface area contributed by atoms with Crippen LogP contribution in [-0.2, 0) is 30.3 Å². The molecular formula is C30H43N3O7. The van der Waals surface area contributed by atoms with E-state index < -0.39 is 34.9 Å². The van der Waals surface area contributed by atoms with Crippen molar-refractivity contribution in [2.75, 3.05) is 43.2 Å². The molecule has 4 rings (SSSR count). The van der Waals surface area contributed by atoms with Crippen molar-refractivity contribution in [3.05, 3.63) is 23.8 Å². The molecule has 2 atom stereocenters. The molecule has 1 saturated heterocycles. The van der Waals surface area contributed by atoms with Gasteiger partial charge in [-0.2, -0.15) is 0 Å². The number of carboxylic acid groups (broad SMARTS) is 1. The number of ether oxygens (including phenoxy) is 2. The summed E-state index contributed by atoms with van der Waals surface area (Å²) in [5.41, 5.74) is 1.27. The SMILES string of the molecule is COCCCN1C(=O)C(C)(C)Cc2ccc(N(C(=O)[C@@H]3C[C@H](C(=O)O)CN(C(=O)OC(C)(C)C)C3)C3CC3)cc21. The Labute approximate surface area is 236 Å². The van der Waals surface area contributed by atoms with Gasteiger partial charge < -0.3 is 29.3 Å². The number of hydrogen-bond acceptors (Lipinski definition) is 6. The number of anilines is 2. The lowest BCUT2D eigenvalue weighted by Crippen LogP contribution is -2.52. The molecule has 0 spiro atoms. The van der Waals surface area contributed by atoms with Gasteiger partial charge in [0.25, 0.3) is 0 Å². The van der Waals surface area contributed by atoms with Crippen LogP contribution in [0.2, 0.25) is 0 Å². The van der Waals surface area contributed by atoms with Gasteiger partial charge in [0.15, 0.2) is 0 Å². The van der Waals surface area contributed by atoms with Crippen LogP contribution in [0.5, 0.6) is 0 Å². The number of nitrogens with zero attached hydrogens (tertiary/aromatic N) is 3. The van der Waals surface area contributed by atoms with Crippen molar-refractivity contribution in [1.82, 2.24) is 4.90 Å². The number of carbonyl (C=O) groups is 4. The zero-order valence-electron chi connectivity index (χ0n) is 24.6. The molecule has 2 fully saturated rings. The molecule has 2 aliphatic heterocycles. The van der Waals surface area contributed by atoms with E-state index >= 15 is 0 Å². The number of fused-ring (bicyclic) bond motifs is 1. The topological polar surface area (TPSA) is 117 Å². The normalized spacial score (nSPS) is 22.5. The summed E-state index contributed by atoms with van der Waals surface area (Å²) in [5, 5.41) is 9.81. The summed E-state index contributed by atoms with van der Waals surface area (Å²) in [6.07, 6.45) is 2.52. The first-order valence-electron chi connectivity index (χ1n) is 14.2. The molecule has 1 N–H and O–H groups in total. The summed E-state index contributed by atoms with van der Waals surface area (Å²) in [5.74, 6) is -2.74. The van der Waals surface area contributed by atoms with E-state index in [2.05, 4.69) is 0 Å². The van der Waals surface area contributed by atoms with Crippen LogP contribution < -0.4 is 9.80 Å². The Morgan fingerprint density at radius 3 is 2.40 bits per heavy atom. The molecule has 0 unspecified atom stereocenters. The van der Waals surface area contributed by atoms with Crippen molar-refractivity contribution in [3.63, 3.8) is 0 Å².